The third kappa shape index (κ3) is 4.68. The summed E-state index contributed by atoms with van der Waals surface area (Å²) in [5.74, 6) is 1.79. The van der Waals surface area contributed by atoms with Gasteiger partial charge in [0.1, 0.15) is 5.78 Å². The molecule has 0 aromatic heterocycles. The van der Waals surface area contributed by atoms with Crippen LogP contribution in [0.1, 0.15) is 51.5 Å². The highest BCUT2D eigenvalue weighted by molar-refractivity contribution is 5.90. The first kappa shape index (κ1) is 21.8. The molecule has 25 heavy (non-hydrogen) atoms. The van der Waals surface area contributed by atoms with Gasteiger partial charge in [0.2, 0.25) is 0 Å². The van der Waals surface area contributed by atoms with Gasteiger partial charge >= 0.3 is 0 Å². The molecule has 0 unspecified atom stereocenters. The van der Waals surface area contributed by atoms with E-state index in [1.807, 2.05) is 18.2 Å². The Morgan fingerprint density at radius 2 is 1.68 bits per heavy atom. The lowest BCUT2D eigenvalue weighted by atomic mass is 9.74. The van der Waals surface area contributed by atoms with Crippen LogP contribution < -0.4 is 9.47 Å². The van der Waals surface area contributed by atoms with Crippen molar-refractivity contribution in [1.29, 1.82) is 0 Å². The second-order valence-corrected chi connectivity index (χ2v) is 6.56. The largest absolute Gasteiger partial charge is 0.493 e. The molecule has 1 fully saturated rings. The number of carbonyl (C=O) groups is 1. The SMILES string of the molecule is CCN(CC)CCC(=O)C1(c2ccc(OC)c(OC)c2)CCCC1.Cl. The Balaban J connectivity index is 0.00000312. The second kappa shape index (κ2) is 10.0. The van der Waals surface area contributed by atoms with E-state index in [0.717, 1.165) is 50.9 Å². The Labute approximate surface area is 158 Å². The second-order valence-electron chi connectivity index (χ2n) is 6.56. The molecule has 1 aliphatic rings. The highest BCUT2D eigenvalue weighted by atomic mass is 35.5. The van der Waals surface area contributed by atoms with Gasteiger partial charge in [0.15, 0.2) is 11.5 Å². The van der Waals surface area contributed by atoms with E-state index in [9.17, 15) is 4.79 Å². The monoisotopic (exact) mass is 369 g/mol. The summed E-state index contributed by atoms with van der Waals surface area (Å²) in [5.41, 5.74) is 0.745. The molecule has 0 aliphatic heterocycles. The lowest BCUT2D eigenvalue weighted by Gasteiger charge is -2.30. The Morgan fingerprint density at radius 1 is 1.08 bits per heavy atom. The van der Waals surface area contributed by atoms with Crippen molar-refractivity contribution in [2.75, 3.05) is 33.9 Å². The van der Waals surface area contributed by atoms with Crippen molar-refractivity contribution >= 4 is 18.2 Å². The number of carbonyl (C=O) groups excluding carboxylic acids is 1. The van der Waals surface area contributed by atoms with Crippen LogP contribution in [0.4, 0.5) is 0 Å². The first-order valence-electron chi connectivity index (χ1n) is 9.09. The van der Waals surface area contributed by atoms with Crippen LogP contribution in [0.2, 0.25) is 0 Å². The van der Waals surface area contributed by atoms with Gasteiger partial charge in [0.25, 0.3) is 0 Å². The summed E-state index contributed by atoms with van der Waals surface area (Å²) >= 11 is 0. The van der Waals surface area contributed by atoms with Crippen molar-refractivity contribution in [3.05, 3.63) is 23.8 Å². The maximum atomic E-state index is 13.2. The number of hydrogen-bond donors (Lipinski definition) is 0. The number of ketones is 1. The summed E-state index contributed by atoms with van der Waals surface area (Å²) in [6, 6.07) is 5.97. The number of rotatable bonds is 9. The third-order valence-electron chi connectivity index (χ3n) is 5.48. The van der Waals surface area contributed by atoms with E-state index < -0.39 is 0 Å². The summed E-state index contributed by atoms with van der Waals surface area (Å²) in [7, 11) is 3.28. The molecule has 0 bridgehead atoms. The number of hydrogen-bond acceptors (Lipinski definition) is 4. The van der Waals surface area contributed by atoms with Crippen molar-refractivity contribution in [3.63, 3.8) is 0 Å². The van der Waals surface area contributed by atoms with Crippen LogP contribution in [0.25, 0.3) is 0 Å². The topological polar surface area (TPSA) is 38.8 Å². The average Bonchev–Trinajstić information content (AvgIpc) is 3.12. The molecule has 5 heteroatoms. The number of halogens is 1. The minimum atomic E-state index is -0.341. The molecule has 2 rings (SSSR count). The molecular weight excluding hydrogens is 338 g/mol. The van der Waals surface area contributed by atoms with Crippen molar-refractivity contribution in [1.82, 2.24) is 4.90 Å². The standard InChI is InChI=1S/C20H31NO3.ClH/c1-5-21(6-2)14-11-19(22)20(12-7-8-13-20)16-9-10-17(23-3)18(15-16)24-4;/h9-10,15H,5-8,11-14H2,1-4H3;1H. The summed E-state index contributed by atoms with van der Waals surface area (Å²) in [6.07, 6.45) is 4.74. The van der Waals surface area contributed by atoms with E-state index >= 15 is 0 Å². The fraction of sp³-hybridized carbons (Fsp3) is 0.650. The van der Waals surface area contributed by atoms with Gasteiger partial charge in [-0.25, -0.2) is 0 Å². The zero-order chi connectivity index (χ0) is 17.6. The van der Waals surface area contributed by atoms with Crippen LogP contribution in [-0.4, -0.2) is 44.5 Å². The molecule has 0 heterocycles. The highest BCUT2D eigenvalue weighted by Gasteiger charge is 2.42. The van der Waals surface area contributed by atoms with Gasteiger partial charge in [-0.2, -0.15) is 0 Å². The molecule has 0 spiro atoms. The quantitative estimate of drug-likeness (QED) is 0.652. The van der Waals surface area contributed by atoms with Crippen LogP contribution in [0, 0.1) is 0 Å². The maximum Gasteiger partial charge on any atom is 0.161 e. The number of nitrogens with zero attached hydrogens (tertiary/aromatic N) is 1. The fourth-order valence-electron chi connectivity index (χ4n) is 3.88. The Bertz CT molecular complexity index is 552. The van der Waals surface area contributed by atoms with E-state index in [2.05, 4.69) is 18.7 Å². The molecule has 1 aromatic rings. The summed E-state index contributed by atoms with van der Waals surface area (Å²) in [5, 5.41) is 0. The van der Waals surface area contributed by atoms with Crippen molar-refractivity contribution in [2.45, 2.75) is 51.4 Å². The number of methoxy groups -OCH3 is 2. The van der Waals surface area contributed by atoms with Crippen LogP contribution >= 0.6 is 12.4 Å². The molecule has 1 aliphatic carbocycles. The van der Waals surface area contributed by atoms with E-state index in [0.29, 0.717) is 23.7 Å². The van der Waals surface area contributed by atoms with Gasteiger partial charge < -0.3 is 14.4 Å². The number of ether oxygens (including phenoxy) is 2. The molecule has 142 valence electrons. The van der Waals surface area contributed by atoms with Crippen LogP contribution in [-0.2, 0) is 10.2 Å². The van der Waals surface area contributed by atoms with Crippen molar-refractivity contribution in [3.8, 4) is 11.5 Å². The zero-order valence-corrected chi connectivity index (χ0v) is 16.8. The Kier molecular flexibility index (Phi) is 8.74. The lowest BCUT2D eigenvalue weighted by Crippen LogP contribution is -2.36. The number of benzene rings is 1. The summed E-state index contributed by atoms with van der Waals surface area (Å²) in [6.45, 7) is 7.13. The first-order chi connectivity index (χ1) is 11.6. The Hall–Kier alpha value is -1.26. The lowest BCUT2D eigenvalue weighted by molar-refractivity contribution is -0.124. The van der Waals surface area contributed by atoms with Gasteiger partial charge in [-0.1, -0.05) is 32.8 Å². The minimum Gasteiger partial charge on any atom is -0.493 e. The predicted molar refractivity (Wildman–Crippen MR) is 104 cm³/mol. The molecular formula is C20H32ClNO3. The molecule has 0 amide bonds. The van der Waals surface area contributed by atoms with Gasteiger partial charge in [-0.3, -0.25) is 4.79 Å². The average molecular weight is 370 g/mol. The molecule has 0 N–H and O–H groups in total. The van der Waals surface area contributed by atoms with Crippen molar-refractivity contribution in [2.24, 2.45) is 0 Å². The minimum absolute atomic E-state index is 0. The van der Waals surface area contributed by atoms with Crippen LogP contribution in [0.15, 0.2) is 18.2 Å². The first-order valence-corrected chi connectivity index (χ1v) is 9.09. The summed E-state index contributed by atoms with van der Waals surface area (Å²) < 4.78 is 10.8. The van der Waals surface area contributed by atoms with Gasteiger partial charge in [0.05, 0.1) is 19.6 Å². The molecule has 0 radical (unpaired) electrons. The molecule has 0 saturated heterocycles. The molecule has 1 aromatic carbocycles. The molecule has 1 saturated carbocycles. The van der Waals surface area contributed by atoms with Crippen LogP contribution in [0.5, 0.6) is 11.5 Å². The Morgan fingerprint density at radius 3 is 2.20 bits per heavy atom. The normalized spacial score (nSPS) is 15.7. The van der Waals surface area contributed by atoms with E-state index in [4.69, 9.17) is 9.47 Å². The smallest absolute Gasteiger partial charge is 0.161 e. The fourth-order valence-corrected chi connectivity index (χ4v) is 3.88. The third-order valence-corrected chi connectivity index (χ3v) is 5.48. The predicted octanol–water partition coefficient (Wildman–Crippen LogP) is 4.24. The van der Waals surface area contributed by atoms with Gasteiger partial charge in [-0.15, -0.1) is 12.4 Å². The van der Waals surface area contributed by atoms with E-state index in [1.54, 1.807) is 14.2 Å². The van der Waals surface area contributed by atoms with E-state index in [1.165, 1.54) is 0 Å². The molecule has 4 nitrogen and oxygen atoms in total. The van der Waals surface area contributed by atoms with E-state index in [-0.39, 0.29) is 17.8 Å². The highest BCUT2D eigenvalue weighted by Crippen LogP contribution is 2.45. The van der Waals surface area contributed by atoms with Crippen molar-refractivity contribution < 1.29 is 14.3 Å². The molecule has 0 atom stereocenters. The summed E-state index contributed by atoms with van der Waals surface area (Å²) in [4.78, 5) is 15.5. The number of Topliss-reactive ketones (excluding diaryl/α,β-unsaturated/α-hetero) is 1. The maximum absolute atomic E-state index is 13.2. The van der Waals surface area contributed by atoms with Gasteiger partial charge in [0, 0.05) is 13.0 Å². The van der Waals surface area contributed by atoms with Gasteiger partial charge in [-0.05, 0) is 43.6 Å². The zero-order valence-electron chi connectivity index (χ0n) is 16.0. The van der Waals surface area contributed by atoms with Crippen LogP contribution in [0.3, 0.4) is 0 Å².